The number of allylic oxidation sites excluding steroid dienone is 5. The first kappa shape index (κ1) is 31.2. The van der Waals surface area contributed by atoms with Crippen LogP contribution in [0, 0.1) is 0 Å². The molecule has 0 radical (unpaired) electrons. The van der Waals surface area contributed by atoms with Crippen molar-refractivity contribution in [2.24, 2.45) is 12.8 Å². The lowest BCUT2D eigenvalue weighted by Crippen LogP contribution is -2.67. The number of para-hydroxylation sites is 1. The number of rotatable bonds is 5. The molecule has 2 N–H and O–H groups in total. The van der Waals surface area contributed by atoms with Crippen LogP contribution in [0.3, 0.4) is 0 Å². The van der Waals surface area contributed by atoms with Gasteiger partial charge in [0.15, 0.2) is 11.3 Å². The van der Waals surface area contributed by atoms with Crippen molar-refractivity contribution in [3.05, 3.63) is 124 Å². The third-order valence-electron chi connectivity index (χ3n) is 11.2. The van der Waals surface area contributed by atoms with Gasteiger partial charge in [-0.05, 0) is 73.2 Å². The second-order valence-corrected chi connectivity index (χ2v) is 14.4. The fraction of sp³-hybridized carbons (Fsp3) is 0.341. The predicted molar refractivity (Wildman–Crippen MR) is 196 cm³/mol. The topological polar surface area (TPSA) is 34.0 Å². The largest absolute Gasteiger partial charge is 0.343 e. The summed E-state index contributed by atoms with van der Waals surface area (Å²) in [7, 11) is 4.45. The van der Waals surface area contributed by atoms with E-state index in [9.17, 15) is 0 Å². The summed E-state index contributed by atoms with van der Waals surface area (Å²) in [5, 5.41) is 2.65. The van der Waals surface area contributed by atoms with Crippen LogP contribution in [0.1, 0.15) is 75.3 Å². The molecule has 3 aliphatic rings. The molecule has 1 aromatic heterocycles. The molecule has 3 nitrogen and oxygen atoms in total. The molecule has 0 amide bonds. The highest BCUT2D eigenvalue weighted by molar-refractivity contribution is 6.33. The van der Waals surface area contributed by atoms with Crippen molar-refractivity contribution in [1.82, 2.24) is 4.57 Å². The molecule has 1 heterocycles. The van der Waals surface area contributed by atoms with Crippen LogP contribution >= 0.6 is 23.2 Å². The Morgan fingerprint density at radius 3 is 2.02 bits per heavy atom. The van der Waals surface area contributed by atoms with Crippen LogP contribution in [0.2, 0.25) is 10.0 Å². The molecular formula is C41H44Cl2N3+. The van der Waals surface area contributed by atoms with E-state index in [1.807, 2.05) is 24.3 Å². The summed E-state index contributed by atoms with van der Waals surface area (Å²) < 4.78 is 4.86. The van der Waals surface area contributed by atoms with E-state index in [4.69, 9.17) is 28.9 Å². The number of halogens is 2. The van der Waals surface area contributed by atoms with Crippen molar-refractivity contribution >= 4 is 45.4 Å². The van der Waals surface area contributed by atoms with Gasteiger partial charge < -0.3 is 10.3 Å². The van der Waals surface area contributed by atoms with Crippen molar-refractivity contribution < 1.29 is 4.58 Å². The molecule has 0 bridgehead atoms. The number of benzene rings is 3. The molecule has 4 aromatic rings. The second-order valence-electron chi connectivity index (χ2n) is 13.6. The van der Waals surface area contributed by atoms with Gasteiger partial charge in [-0.1, -0.05) is 97.4 Å². The number of nitrogens with zero attached hydrogens (tertiary/aromatic N) is 2. The zero-order chi connectivity index (χ0) is 31.9. The lowest BCUT2D eigenvalue weighted by molar-refractivity contribution is -0.601. The van der Waals surface area contributed by atoms with E-state index in [0.717, 1.165) is 50.9 Å². The summed E-state index contributed by atoms with van der Waals surface area (Å²) >= 11 is 13.4. The molecule has 0 saturated heterocycles. The minimum Gasteiger partial charge on any atom is -0.343 e. The van der Waals surface area contributed by atoms with E-state index in [0.29, 0.717) is 0 Å². The Labute approximate surface area is 283 Å². The molecule has 3 aliphatic carbocycles. The number of hydrogen-bond donors (Lipinski definition) is 1. The number of aromatic nitrogens is 1. The van der Waals surface area contributed by atoms with Gasteiger partial charge in [0, 0.05) is 69.7 Å². The van der Waals surface area contributed by atoms with Crippen LogP contribution in [-0.2, 0) is 7.05 Å². The van der Waals surface area contributed by atoms with Crippen LogP contribution < -0.4 is 5.73 Å². The maximum atomic E-state index is 7.42. The molecular weight excluding hydrogens is 605 g/mol. The van der Waals surface area contributed by atoms with Gasteiger partial charge in [-0.2, -0.15) is 0 Å². The standard InChI is InChI=1S/C41H44Cl2N3/c1-45-36-16-8-6-14-34(36)38(39(45)30-17-21-31(42)22-18-30)37(33-13-5-7-15-35(33)43)29-19-23-32(24-20-29)46(2)41(27-11-4-12-28-41)40(44)25-9-3-10-26-40/h5-8,13-24H,3-4,9-12,25-28,44H2,1-2H3/q+1. The first-order chi connectivity index (χ1) is 22.3. The van der Waals surface area contributed by atoms with E-state index < -0.39 is 0 Å². The van der Waals surface area contributed by atoms with Crippen LogP contribution in [0.15, 0.2) is 103 Å². The van der Waals surface area contributed by atoms with E-state index >= 15 is 0 Å². The average molecular weight is 650 g/mol. The quantitative estimate of drug-likeness (QED) is 0.215. The minimum absolute atomic E-state index is 0.0140. The van der Waals surface area contributed by atoms with Gasteiger partial charge in [-0.3, -0.25) is 0 Å². The summed E-state index contributed by atoms with van der Waals surface area (Å²) in [4.78, 5) is 0. The lowest BCUT2D eigenvalue weighted by atomic mass is 9.62. The molecule has 0 atom stereocenters. The van der Waals surface area contributed by atoms with Crippen molar-refractivity contribution in [2.75, 3.05) is 7.05 Å². The summed E-state index contributed by atoms with van der Waals surface area (Å²) in [6.07, 6.45) is 21.4. The molecule has 2 saturated carbocycles. The van der Waals surface area contributed by atoms with Gasteiger partial charge in [0.25, 0.3) is 0 Å². The molecule has 236 valence electrons. The predicted octanol–water partition coefficient (Wildman–Crippen LogP) is 10.5. The Hall–Kier alpha value is -3.37. The highest BCUT2D eigenvalue weighted by Gasteiger charge is 2.56. The molecule has 0 unspecified atom stereocenters. The molecule has 0 aliphatic heterocycles. The van der Waals surface area contributed by atoms with Crippen LogP contribution in [0.4, 0.5) is 0 Å². The zero-order valence-corrected chi connectivity index (χ0v) is 28.5. The van der Waals surface area contributed by atoms with Crippen molar-refractivity contribution in [3.63, 3.8) is 0 Å². The smallest absolute Gasteiger partial charge is 0.200 e. The Balaban J connectivity index is 1.44. The Kier molecular flexibility index (Phi) is 8.61. The fourth-order valence-corrected chi connectivity index (χ4v) is 9.10. The van der Waals surface area contributed by atoms with Crippen LogP contribution in [0.5, 0.6) is 0 Å². The lowest BCUT2D eigenvalue weighted by Gasteiger charge is -2.49. The molecule has 0 spiro atoms. The average Bonchev–Trinajstić information content (AvgIpc) is 3.38. The third kappa shape index (κ3) is 5.31. The molecule has 2 fully saturated rings. The molecule has 46 heavy (non-hydrogen) atoms. The van der Waals surface area contributed by atoms with Crippen molar-refractivity contribution in [3.8, 4) is 11.3 Å². The van der Waals surface area contributed by atoms with Gasteiger partial charge in [-0.15, -0.1) is 0 Å². The number of likely N-dealkylation sites (N-methyl/N-ethyl adjacent to an activating group) is 1. The first-order valence-corrected chi connectivity index (χ1v) is 17.7. The molecule has 5 heteroatoms. The van der Waals surface area contributed by atoms with Crippen molar-refractivity contribution in [1.29, 1.82) is 0 Å². The fourth-order valence-electron chi connectivity index (χ4n) is 8.74. The number of fused-ring (bicyclic) bond motifs is 1. The highest BCUT2D eigenvalue weighted by Crippen LogP contribution is 2.47. The summed E-state index contributed by atoms with van der Waals surface area (Å²) in [5.74, 6) is 0. The van der Waals surface area contributed by atoms with E-state index in [2.05, 4.69) is 96.1 Å². The Morgan fingerprint density at radius 1 is 0.739 bits per heavy atom. The normalized spacial score (nSPS) is 19.1. The SMILES string of the molecule is Cn1c(-c2ccc(Cl)cc2)c(C(=C2C=CC(=[N+](C)C3(C4(N)CCCCC4)CCCCC3)C=C2)c2ccccc2Cl)c2ccccc21. The maximum Gasteiger partial charge on any atom is 0.200 e. The summed E-state index contributed by atoms with van der Waals surface area (Å²) in [6.45, 7) is 0. The van der Waals surface area contributed by atoms with Crippen molar-refractivity contribution in [2.45, 2.75) is 75.3 Å². The number of aryl methyl sites for hydroxylation is 1. The number of hydrogen-bond acceptors (Lipinski definition) is 1. The zero-order valence-electron chi connectivity index (χ0n) is 27.0. The monoisotopic (exact) mass is 648 g/mol. The number of nitrogens with two attached hydrogens (primary N) is 1. The Bertz CT molecular complexity index is 1870. The maximum absolute atomic E-state index is 7.42. The van der Waals surface area contributed by atoms with E-state index in [-0.39, 0.29) is 11.1 Å². The minimum atomic E-state index is -0.148. The summed E-state index contributed by atoms with van der Waals surface area (Å²) in [5.41, 5.74) is 16.3. The van der Waals surface area contributed by atoms with Crippen LogP contribution in [0.25, 0.3) is 27.7 Å². The molecule has 7 rings (SSSR count). The van der Waals surface area contributed by atoms with Gasteiger partial charge in [0.05, 0.1) is 11.2 Å². The first-order valence-electron chi connectivity index (χ1n) is 16.9. The highest BCUT2D eigenvalue weighted by atomic mass is 35.5. The van der Waals surface area contributed by atoms with Gasteiger partial charge in [-0.25, -0.2) is 4.58 Å². The van der Waals surface area contributed by atoms with Gasteiger partial charge in [0.2, 0.25) is 0 Å². The second kappa shape index (κ2) is 12.7. The van der Waals surface area contributed by atoms with Crippen LogP contribution in [-0.4, -0.2) is 33.0 Å². The van der Waals surface area contributed by atoms with Gasteiger partial charge >= 0.3 is 0 Å². The Morgan fingerprint density at radius 2 is 1.35 bits per heavy atom. The third-order valence-corrected chi connectivity index (χ3v) is 11.7. The van der Waals surface area contributed by atoms with E-state index in [1.54, 1.807) is 0 Å². The molecule has 3 aromatic carbocycles. The van der Waals surface area contributed by atoms with Gasteiger partial charge in [0.1, 0.15) is 7.05 Å². The van der Waals surface area contributed by atoms with E-state index in [1.165, 1.54) is 73.5 Å². The summed E-state index contributed by atoms with van der Waals surface area (Å²) in [6, 6.07) is 25.0.